The first kappa shape index (κ1) is 18.2. The maximum Gasteiger partial charge on any atom is 0.242 e. The Balaban J connectivity index is 2.21. The first-order chi connectivity index (χ1) is 10.7. The monoisotopic (exact) mass is 346 g/mol. The lowest BCUT2D eigenvalue weighted by Crippen LogP contribution is -2.55. The van der Waals surface area contributed by atoms with E-state index in [0.29, 0.717) is 12.8 Å². The summed E-state index contributed by atoms with van der Waals surface area (Å²) in [7, 11) is -1.92. The molecule has 9 heteroatoms. The molecule has 2 amide bonds. The molecular weight excluding hydrogens is 320 g/mol. The predicted molar refractivity (Wildman–Crippen MR) is 85.9 cm³/mol. The van der Waals surface area contributed by atoms with Gasteiger partial charge in [0.05, 0.1) is 17.7 Å². The SMILES string of the molecule is CNC(=O)[C@@H]1CN(C(=O)C2(N)CCCC2)CCN(S(C)(=O)=O)C1. The van der Waals surface area contributed by atoms with Crippen molar-refractivity contribution in [1.29, 1.82) is 0 Å². The van der Waals surface area contributed by atoms with Crippen LogP contribution in [0, 0.1) is 5.92 Å². The van der Waals surface area contributed by atoms with Crippen molar-refractivity contribution in [1.82, 2.24) is 14.5 Å². The number of nitrogens with zero attached hydrogens (tertiary/aromatic N) is 2. The van der Waals surface area contributed by atoms with Crippen molar-refractivity contribution in [3.8, 4) is 0 Å². The Kier molecular flexibility index (Phi) is 5.32. The second-order valence-electron chi connectivity index (χ2n) is 6.55. The molecule has 0 aromatic heterocycles. The van der Waals surface area contributed by atoms with Crippen molar-refractivity contribution in [2.24, 2.45) is 11.7 Å². The van der Waals surface area contributed by atoms with Crippen LogP contribution >= 0.6 is 0 Å². The largest absolute Gasteiger partial charge is 0.359 e. The number of rotatable bonds is 3. The van der Waals surface area contributed by atoms with Crippen LogP contribution in [0.4, 0.5) is 0 Å². The van der Waals surface area contributed by atoms with E-state index in [2.05, 4.69) is 5.32 Å². The number of hydrogen-bond donors (Lipinski definition) is 2. The third-order valence-corrected chi connectivity index (χ3v) is 6.05. The van der Waals surface area contributed by atoms with Crippen molar-refractivity contribution in [3.05, 3.63) is 0 Å². The van der Waals surface area contributed by atoms with E-state index < -0.39 is 21.5 Å². The number of carbonyl (C=O) groups is 2. The van der Waals surface area contributed by atoms with Gasteiger partial charge in [0.2, 0.25) is 21.8 Å². The van der Waals surface area contributed by atoms with Crippen LogP contribution in [0.25, 0.3) is 0 Å². The molecule has 1 aliphatic carbocycles. The van der Waals surface area contributed by atoms with Crippen molar-refractivity contribution >= 4 is 21.8 Å². The summed E-state index contributed by atoms with van der Waals surface area (Å²) in [6.07, 6.45) is 4.24. The van der Waals surface area contributed by atoms with Crippen molar-refractivity contribution in [3.63, 3.8) is 0 Å². The minimum absolute atomic E-state index is 0.0832. The topological polar surface area (TPSA) is 113 Å². The lowest BCUT2D eigenvalue weighted by Gasteiger charge is -2.31. The third-order valence-electron chi connectivity index (χ3n) is 4.78. The van der Waals surface area contributed by atoms with Crippen LogP contribution in [0.1, 0.15) is 25.7 Å². The van der Waals surface area contributed by atoms with Crippen LogP contribution in [0.2, 0.25) is 0 Å². The van der Waals surface area contributed by atoms with Gasteiger partial charge in [-0.25, -0.2) is 8.42 Å². The molecule has 0 unspecified atom stereocenters. The first-order valence-corrected chi connectivity index (χ1v) is 9.77. The van der Waals surface area contributed by atoms with Crippen LogP contribution < -0.4 is 11.1 Å². The second-order valence-corrected chi connectivity index (χ2v) is 8.53. The fourth-order valence-corrected chi connectivity index (χ4v) is 4.24. The summed E-state index contributed by atoms with van der Waals surface area (Å²) in [5.74, 6) is -1.03. The zero-order chi connectivity index (χ0) is 17.3. The Bertz CT molecular complexity index is 571. The molecule has 2 fully saturated rings. The fourth-order valence-electron chi connectivity index (χ4n) is 3.37. The third kappa shape index (κ3) is 4.02. The normalized spacial score (nSPS) is 25.9. The van der Waals surface area contributed by atoms with E-state index in [1.165, 1.54) is 11.4 Å². The molecule has 3 N–H and O–H groups in total. The van der Waals surface area contributed by atoms with E-state index in [9.17, 15) is 18.0 Å². The van der Waals surface area contributed by atoms with Crippen LogP contribution in [0.15, 0.2) is 0 Å². The molecule has 8 nitrogen and oxygen atoms in total. The number of carbonyl (C=O) groups excluding carboxylic acids is 2. The van der Waals surface area contributed by atoms with Crippen molar-refractivity contribution in [2.45, 2.75) is 31.2 Å². The van der Waals surface area contributed by atoms with E-state index in [4.69, 9.17) is 5.73 Å². The van der Waals surface area contributed by atoms with E-state index >= 15 is 0 Å². The lowest BCUT2D eigenvalue weighted by atomic mass is 9.96. The van der Waals surface area contributed by atoms with Gasteiger partial charge < -0.3 is 16.0 Å². The number of hydrogen-bond acceptors (Lipinski definition) is 5. The number of sulfonamides is 1. The summed E-state index contributed by atoms with van der Waals surface area (Å²) in [5, 5.41) is 2.54. The predicted octanol–water partition coefficient (Wildman–Crippen LogP) is -1.28. The van der Waals surface area contributed by atoms with Crippen LogP contribution in [-0.2, 0) is 19.6 Å². The van der Waals surface area contributed by atoms with E-state index in [1.807, 2.05) is 0 Å². The maximum atomic E-state index is 12.8. The van der Waals surface area contributed by atoms with Gasteiger partial charge in [-0.05, 0) is 12.8 Å². The second kappa shape index (κ2) is 6.74. The summed E-state index contributed by atoms with van der Waals surface area (Å²) in [6.45, 7) is 0.732. The summed E-state index contributed by atoms with van der Waals surface area (Å²) < 4.78 is 25.0. The minimum atomic E-state index is -3.42. The zero-order valence-corrected chi connectivity index (χ0v) is 14.6. The van der Waals surface area contributed by atoms with E-state index in [1.54, 1.807) is 4.90 Å². The molecule has 0 radical (unpaired) electrons. The molecule has 23 heavy (non-hydrogen) atoms. The smallest absolute Gasteiger partial charge is 0.242 e. The number of nitrogens with one attached hydrogen (secondary N) is 1. The van der Waals surface area contributed by atoms with Crippen LogP contribution in [0.3, 0.4) is 0 Å². The lowest BCUT2D eigenvalue weighted by molar-refractivity contribution is -0.138. The molecule has 1 atom stereocenters. The average Bonchev–Trinajstić information content (AvgIpc) is 2.81. The van der Waals surface area contributed by atoms with Gasteiger partial charge in [0, 0.05) is 33.2 Å². The Labute approximate surface area is 137 Å². The summed E-state index contributed by atoms with van der Waals surface area (Å²) in [6, 6.07) is 0. The zero-order valence-electron chi connectivity index (χ0n) is 13.7. The molecular formula is C14H26N4O4S. The molecule has 132 valence electrons. The van der Waals surface area contributed by atoms with Gasteiger partial charge in [0.15, 0.2) is 0 Å². The summed E-state index contributed by atoms with van der Waals surface area (Å²) >= 11 is 0. The highest BCUT2D eigenvalue weighted by Gasteiger charge is 2.42. The first-order valence-electron chi connectivity index (χ1n) is 7.92. The summed E-state index contributed by atoms with van der Waals surface area (Å²) in [5.41, 5.74) is 5.37. The highest BCUT2D eigenvalue weighted by atomic mass is 32.2. The summed E-state index contributed by atoms with van der Waals surface area (Å²) in [4.78, 5) is 26.4. The Morgan fingerprint density at radius 1 is 1.17 bits per heavy atom. The molecule has 0 spiro atoms. The van der Waals surface area contributed by atoms with Gasteiger partial charge in [-0.2, -0.15) is 4.31 Å². The van der Waals surface area contributed by atoms with Crippen molar-refractivity contribution < 1.29 is 18.0 Å². The average molecular weight is 346 g/mol. The van der Waals surface area contributed by atoms with Crippen LogP contribution in [0.5, 0.6) is 0 Å². The molecule has 1 saturated heterocycles. The van der Waals surface area contributed by atoms with Crippen LogP contribution in [-0.4, -0.2) is 74.5 Å². The molecule has 0 aromatic carbocycles. The van der Waals surface area contributed by atoms with Gasteiger partial charge in [-0.1, -0.05) is 12.8 Å². The van der Waals surface area contributed by atoms with Gasteiger partial charge in [-0.15, -0.1) is 0 Å². The maximum absolute atomic E-state index is 12.8. The molecule has 0 bridgehead atoms. The van der Waals surface area contributed by atoms with E-state index in [0.717, 1.165) is 19.1 Å². The molecule has 1 aliphatic heterocycles. The quantitative estimate of drug-likeness (QED) is 0.661. The van der Waals surface area contributed by atoms with Gasteiger partial charge in [-0.3, -0.25) is 9.59 Å². The van der Waals surface area contributed by atoms with Gasteiger partial charge in [0.1, 0.15) is 0 Å². The molecule has 2 aliphatic rings. The standard InChI is InChI=1S/C14H26N4O4S/c1-16-12(19)11-9-17(7-8-18(10-11)23(2,21)22)13(20)14(15)5-3-4-6-14/h11H,3-10,15H2,1-2H3,(H,16,19)/t11-/m1/s1. The Hall–Kier alpha value is -1.19. The fraction of sp³-hybridized carbons (Fsp3) is 0.857. The molecule has 1 saturated carbocycles. The molecule has 0 aromatic rings. The number of nitrogens with two attached hydrogens (primary N) is 1. The van der Waals surface area contributed by atoms with E-state index in [-0.39, 0.29) is 38.0 Å². The van der Waals surface area contributed by atoms with Gasteiger partial charge in [0.25, 0.3) is 0 Å². The molecule has 2 rings (SSSR count). The Morgan fingerprint density at radius 2 is 1.78 bits per heavy atom. The highest BCUT2D eigenvalue weighted by Crippen LogP contribution is 2.29. The Morgan fingerprint density at radius 3 is 2.30 bits per heavy atom. The van der Waals surface area contributed by atoms with Crippen molar-refractivity contribution in [2.75, 3.05) is 39.5 Å². The van der Waals surface area contributed by atoms with Gasteiger partial charge >= 0.3 is 0 Å². The number of amides is 2. The molecule has 1 heterocycles. The highest BCUT2D eigenvalue weighted by molar-refractivity contribution is 7.88. The minimum Gasteiger partial charge on any atom is -0.359 e.